The van der Waals surface area contributed by atoms with Gasteiger partial charge in [0.15, 0.2) is 5.65 Å². The molecule has 0 spiro atoms. The normalized spacial score (nSPS) is 16.2. The molecule has 1 atom stereocenters. The molecule has 2 fully saturated rings. The smallest absolute Gasteiger partial charge is 0.255 e. The maximum Gasteiger partial charge on any atom is 0.255 e. The highest BCUT2D eigenvalue weighted by Gasteiger charge is 2.29. The maximum absolute atomic E-state index is 12.6. The molecule has 0 radical (unpaired) electrons. The topological polar surface area (TPSA) is 151 Å². The Labute approximate surface area is 219 Å². The van der Waals surface area contributed by atoms with E-state index in [9.17, 15) is 9.59 Å². The molecule has 37 heavy (non-hydrogen) atoms. The van der Waals surface area contributed by atoms with Crippen LogP contribution in [0.25, 0.3) is 11.2 Å². The van der Waals surface area contributed by atoms with Crippen LogP contribution in [0.1, 0.15) is 48.5 Å². The number of nitrogens with one attached hydrogen (secondary N) is 4. The van der Waals surface area contributed by atoms with E-state index in [1.165, 1.54) is 19.1 Å². The highest BCUT2D eigenvalue weighted by atomic mass is 35.5. The van der Waals surface area contributed by atoms with Gasteiger partial charge in [-0.25, -0.2) is 9.97 Å². The first-order valence-corrected chi connectivity index (χ1v) is 12.6. The maximum atomic E-state index is 12.6. The number of H-pyrrole nitrogens is 1. The Balaban J connectivity index is 0.000000270. The second-order valence-electron chi connectivity index (χ2n) is 9.30. The monoisotopic (exact) mass is 520 g/mol. The Kier molecular flexibility index (Phi) is 8.36. The molecule has 192 valence electrons. The summed E-state index contributed by atoms with van der Waals surface area (Å²) in [4.78, 5) is 36.4. The summed E-state index contributed by atoms with van der Waals surface area (Å²) < 4.78 is 0. The summed E-state index contributed by atoms with van der Waals surface area (Å²) >= 11 is 5.98. The predicted octanol–water partition coefficient (Wildman–Crippen LogP) is 4.26. The molecular formula is C26H29ClN8O2. The number of nitriles is 1. The van der Waals surface area contributed by atoms with E-state index in [-0.39, 0.29) is 17.9 Å². The van der Waals surface area contributed by atoms with Crippen LogP contribution in [0, 0.1) is 28.6 Å². The summed E-state index contributed by atoms with van der Waals surface area (Å²) in [6.07, 6.45) is 9.30. The van der Waals surface area contributed by atoms with Gasteiger partial charge in [0, 0.05) is 53.7 Å². The number of aromatic amines is 1. The van der Waals surface area contributed by atoms with Crippen molar-refractivity contribution in [3.05, 3.63) is 46.7 Å². The number of benzene rings is 1. The van der Waals surface area contributed by atoms with Crippen LogP contribution in [-0.2, 0) is 4.79 Å². The van der Waals surface area contributed by atoms with Crippen LogP contribution in [0.15, 0.2) is 30.6 Å². The number of halogens is 1. The van der Waals surface area contributed by atoms with Crippen molar-refractivity contribution in [2.45, 2.75) is 38.6 Å². The summed E-state index contributed by atoms with van der Waals surface area (Å²) in [5.74, 6) is 1.08. The summed E-state index contributed by atoms with van der Waals surface area (Å²) in [6.45, 7) is 3.53. The Bertz CT molecular complexity index is 1320. The lowest BCUT2D eigenvalue weighted by Crippen LogP contribution is -2.33. The largest absolute Gasteiger partial charge is 0.349 e. The van der Waals surface area contributed by atoms with Crippen molar-refractivity contribution in [2.75, 3.05) is 18.4 Å². The van der Waals surface area contributed by atoms with Gasteiger partial charge >= 0.3 is 0 Å². The van der Waals surface area contributed by atoms with Gasteiger partial charge in [0.1, 0.15) is 11.3 Å². The number of amides is 2. The highest BCUT2D eigenvalue weighted by molar-refractivity contribution is 6.31. The summed E-state index contributed by atoms with van der Waals surface area (Å²) in [5.41, 5.74) is 2.85. The van der Waals surface area contributed by atoms with Crippen LogP contribution in [0.2, 0.25) is 5.02 Å². The second kappa shape index (κ2) is 11.8. The van der Waals surface area contributed by atoms with Crippen molar-refractivity contribution in [3.8, 4) is 6.07 Å². The Morgan fingerprint density at radius 3 is 2.73 bits per heavy atom. The molecule has 1 aromatic carbocycles. The molecule has 0 bridgehead atoms. The third kappa shape index (κ3) is 6.62. The van der Waals surface area contributed by atoms with Crippen molar-refractivity contribution >= 4 is 52.8 Å². The second-order valence-corrected chi connectivity index (χ2v) is 9.74. The van der Waals surface area contributed by atoms with Crippen molar-refractivity contribution in [1.29, 1.82) is 10.7 Å². The number of aromatic nitrogens is 3. The van der Waals surface area contributed by atoms with Gasteiger partial charge in [0.25, 0.3) is 5.91 Å². The number of carbonyl (C=O) groups excluding carboxylic acids is 2. The van der Waals surface area contributed by atoms with Crippen LogP contribution in [0.3, 0.4) is 0 Å². The molecule has 1 saturated carbocycles. The Morgan fingerprint density at radius 1 is 1.32 bits per heavy atom. The number of carbonyl (C=O) groups is 2. The molecule has 5 rings (SSSR count). The third-order valence-corrected chi connectivity index (χ3v) is 6.84. The van der Waals surface area contributed by atoms with Gasteiger partial charge < -0.3 is 25.9 Å². The Hall–Kier alpha value is -3.97. The molecule has 1 aliphatic heterocycles. The van der Waals surface area contributed by atoms with Crippen molar-refractivity contribution in [3.63, 3.8) is 0 Å². The molecule has 0 unspecified atom stereocenters. The van der Waals surface area contributed by atoms with Gasteiger partial charge in [-0.3, -0.25) is 9.59 Å². The molecule has 10 nitrogen and oxygen atoms in total. The summed E-state index contributed by atoms with van der Waals surface area (Å²) in [5, 5.41) is 22.8. The first-order chi connectivity index (χ1) is 17.9. The lowest BCUT2D eigenvalue weighted by atomic mass is 9.99. The molecule has 11 heteroatoms. The molecule has 1 saturated heterocycles. The molecule has 2 aliphatic rings. The molecule has 3 heterocycles. The first kappa shape index (κ1) is 26.1. The van der Waals surface area contributed by atoms with Crippen LogP contribution in [0.5, 0.6) is 0 Å². The van der Waals surface area contributed by atoms with Crippen molar-refractivity contribution in [1.82, 2.24) is 25.2 Å². The Morgan fingerprint density at radius 2 is 2.08 bits per heavy atom. The highest BCUT2D eigenvalue weighted by Crippen LogP contribution is 2.32. The molecule has 1 aliphatic carbocycles. The lowest BCUT2D eigenvalue weighted by molar-refractivity contribution is -0.119. The fourth-order valence-electron chi connectivity index (χ4n) is 4.16. The van der Waals surface area contributed by atoms with Gasteiger partial charge in [-0.2, -0.15) is 5.26 Å². The van der Waals surface area contributed by atoms with E-state index in [0.717, 1.165) is 32.3 Å². The average Bonchev–Trinajstić information content (AvgIpc) is 3.69. The van der Waals surface area contributed by atoms with E-state index in [4.69, 9.17) is 22.3 Å². The zero-order valence-corrected chi connectivity index (χ0v) is 21.3. The fourth-order valence-corrected chi connectivity index (χ4v) is 4.34. The van der Waals surface area contributed by atoms with Crippen LogP contribution >= 0.6 is 11.6 Å². The van der Waals surface area contributed by atoms with Crippen molar-refractivity contribution in [2.24, 2.45) is 11.8 Å². The SMILES string of the molecule is C[C@H](NC(=O)c1c[nH]c2ncc(Nc3ccc(Cl)cc3C=N)nc12)C1CC1.N#CC1CCN(C=O)CC1. The minimum atomic E-state index is -0.154. The minimum Gasteiger partial charge on any atom is -0.349 e. The van der Waals surface area contributed by atoms with Crippen LogP contribution in [-0.4, -0.2) is 57.5 Å². The molecular weight excluding hydrogens is 492 g/mol. The number of hydrogen-bond donors (Lipinski definition) is 4. The van der Waals surface area contributed by atoms with Gasteiger partial charge in [-0.1, -0.05) is 11.6 Å². The number of nitrogens with zero attached hydrogens (tertiary/aromatic N) is 4. The van der Waals surface area contributed by atoms with E-state index >= 15 is 0 Å². The molecule has 3 aromatic rings. The lowest BCUT2D eigenvalue weighted by Gasteiger charge is -2.24. The molecule has 2 aromatic heterocycles. The summed E-state index contributed by atoms with van der Waals surface area (Å²) in [7, 11) is 0. The quantitative estimate of drug-likeness (QED) is 0.270. The summed E-state index contributed by atoms with van der Waals surface area (Å²) in [6, 6.07) is 7.56. The zero-order chi connectivity index (χ0) is 26.4. The standard InChI is InChI=1S/C19H19ClN6O.C7H10N2O/c1-10(11-2-3-11)24-19(27)14-8-22-18-17(14)26-16(9-23-18)25-15-5-4-13(20)6-12(15)7-21;8-5-7-1-3-9(6-10)4-2-7/h4-11,21H,2-3H2,1H3,(H,22,23)(H,24,27)(H,25,26);6-7H,1-4H2/t10-;/m0./s1. The zero-order valence-electron chi connectivity index (χ0n) is 20.5. The van der Waals surface area contributed by atoms with Gasteiger partial charge in [0.2, 0.25) is 6.41 Å². The van der Waals surface area contributed by atoms with Crippen LogP contribution in [0.4, 0.5) is 11.5 Å². The number of hydrogen-bond acceptors (Lipinski definition) is 7. The van der Waals surface area contributed by atoms with E-state index in [1.807, 2.05) is 6.92 Å². The molecule has 4 N–H and O–H groups in total. The third-order valence-electron chi connectivity index (χ3n) is 6.61. The van der Waals surface area contributed by atoms with Crippen LogP contribution < -0.4 is 10.6 Å². The van der Waals surface area contributed by atoms with Gasteiger partial charge in [0.05, 0.1) is 17.8 Å². The van der Waals surface area contributed by atoms with Crippen molar-refractivity contribution < 1.29 is 9.59 Å². The number of rotatable bonds is 7. The predicted molar refractivity (Wildman–Crippen MR) is 142 cm³/mol. The fraction of sp³-hybridized carbons (Fsp3) is 0.385. The first-order valence-electron chi connectivity index (χ1n) is 12.2. The van der Waals surface area contributed by atoms with E-state index in [2.05, 4.69) is 31.7 Å². The van der Waals surface area contributed by atoms with E-state index in [1.54, 1.807) is 35.5 Å². The average molecular weight is 521 g/mol. The van der Waals surface area contributed by atoms with Gasteiger partial charge in [-0.05, 0) is 56.7 Å². The number of anilines is 2. The van der Waals surface area contributed by atoms with E-state index < -0.39 is 0 Å². The minimum absolute atomic E-state index is 0.154. The number of likely N-dealkylation sites (tertiary alicyclic amines) is 1. The van der Waals surface area contributed by atoms with Gasteiger partial charge in [-0.15, -0.1) is 0 Å². The molecule has 2 amide bonds. The number of piperidine rings is 1. The van der Waals surface area contributed by atoms with E-state index in [0.29, 0.717) is 44.7 Å². The number of fused-ring (bicyclic) bond motifs is 1.